The van der Waals surface area contributed by atoms with Gasteiger partial charge in [-0.05, 0) is 38.7 Å². The van der Waals surface area contributed by atoms with E-state index in [2.05, 4.69) is 26.2 Å². The Kier molecular flexibility index (Phi) is 8.64. The zero-order valence-corrected chi connectivity index (χ0v) is 13.0. The summed E-state index contributed by atoms with van der Waals surface area (Å²) in [5.41, 5.74) is 0. The molecule has 0 heterocycles. The first kappa shape index (κ1) is 15.3. The number of methoxy groups -OCH3 is 1. The monoisotopic (exact) mass is 250 g/mol. The van der Waals surface area contributed by atoms with Crippen LogP contribution in [0.2, 0.25) is 32.2 Å². The number of hydrogen-bond acceptors (Lipinski definition) is 3. The molecule has 0 rings (SSSR count). The van der Waals surface area contributed by atoms with Gasteiger partial charge < -0.3 is 13.6 Å². The summed E-state index contributed by atoms with van der Waals surface area (Å²) in [6, 6.07) is 1.22. The fourth-order valence-electron chi connectivity index (χ4n) is 1.38. The van der Waals surface area contributed by atoms with Crippen molar-refractivity contribution in [1.82, 2.24) is 0 Å². The minimum absolute atomic E-state index is 0.693. The Morgan fingerprint density at radius 1 is 1.07 bits per heavy atom. The Morgan fingerprint density at radius 2 is 1.73 bits per heavy atom. The van der Waals surface area contributed by atoms with Crippen molar-refractivity contribution in [3.63, 3.8) is 0 Å². The van der Waals surface area contributed by atoms with E-state index in [1.807, 2.05) is 0 Å². The number of hydrogen-bond donors (Lipinski definition) is 0. The van der Waals surface area contributed by atoms with Gasteiger partial charge in [-0.1, -0.05) is 0 Å². The van der Waals surface area contributed by atoms with Crippen molar-refractivity contribution in [2.45, 2.75) is 38.7 Å². The van der Waals surface area contributed by atoms with E-state index in [1.165, 1.54) is 6.04 Å². The fourth-order valence-corrected chi connectivity index (χ4v) is 7.42. The highest BCUT2D eigenvalue weighted by Crippen LogP contribution is 2.09. The molecule has 0 aromatic heterocycles. The minimum Gasteiger partial charge on any atom is -0.458 e. The molecular formula is C10H26O3Si2. The molecule has 15 heavy (non-hydrogen) atoms. The van der Waals surface area contributed by atoms with Gasteiger partial charge in [-0.25, -0.2) is 0 Å². The van der Waals surface area contributed by atoms with Crippen molar-refractivity contribution < 1.29 is 13.6 Å². The van der Waals surface area contributed by atoms with Crippen LogP contribution in [0.5, 0.6) is 0 Å². The Labute approximate surface area is 97.0 Å². The Hall–Kier alpha value is 0.314. The van der Waals surface area contributed by atoms with E-state index in [1.54, 1.807) is 7.11 Å². The molecule has 0 aliphatic rings. The quantitative estimate of drug-likeness (QED) is 0.464. The summed E-state index contributed by atoms with van der Waals surface area (Å²) in [7, 11) is -0.541. The lowest BCUT2D eigenvalue weighted by Gasteiger charge is -2.22. The molecule has 0 N–H and O–H groups in total. The van der Waals surface area contributed by atoms with E-state index in [0.29, 0.717) is 13.2 Å². The average molecular weight is 250 g/mol. The third-order valence-corrected chi connectivity index (χ3v) is 7.55. The molecule has 1 atom stereocenters. The summed E-state index contributed by atoms with van der Waals surface area (Å²) in [6.07, 6.45) is 1.13. The van der Waals surface area contributed by atoms with Gasteiger partial charge in [0.2, 0.25) is 0 Å². The van der Waals surface area contributed by atoms with E-state index < -0.39 is 17.4 Å². The molecular weight excluding hydrogens is 224 g/mol. The van der Waals surface area contributed by atoms with Crippen molar-refractivity contribution in [3.8, 4) is 0 Å². The number of ether oxygens (including phenoxy) is 2. The summed E-state index contributed by atoms with van der Waals surface area (Å²) in [5.74, 6) is 0. The van der Waals surface area contributed by atoms with Gasteiger partial charge in [0.1, 0.15) is 0 Å². The molecule has 0 radical (unpaired) electrons. The van der Waals surface area contributed by atoms with E-state index >= 15 is 0 Å². The van der Waals surface area contributed by atoms with E-state index in [-0.39, 0.29) is 0 Å². The predicted molar refractivity (Wildman–Crippen MR) is 69.6 cm³/mol. The number of rotatable bonds is 9. The van der Waals surface area contributed by atoms with Gasteiger partial charge in [-0.2, -0.15) is 0 Å². The van der Waals surface area contributed by atoms with E-state index in [4.69, 9.17) is 13.6 Å². The van der Waals surface area contributed by atoms with Crippen LogP contribution >= 0.6 is 0 Å². The van der Waals surface area contributed by atoms with Crippen LogP contribution in [-0.4, -0.2) is 44.3 Å². The first-order valence-electron chi connectivity index (χ1n) is 5.70. The second kappa shape index (κ2) is 8.46. The van der Waals surface area contributed by atoms with Crippen LogP contribution < -0.4 is 0 Å². The molecule has 0 amide bonds. The lowest BCUT2D eigenvalue weighted by atomic mass is 10.5. The molecule has 0 saturated heterocycles. The summed E-state index contributed by atoms with van der Waals surface area (Å²) < 4.78 is 16.4. The van der Waals surface area contributed by atoms with Crippen LogP contribution in [0.15, 0.2) is 0 Å². The second-order valence-electron chi connectivity index (χ2n) is 4.79. The third-order valence-electron chi connectivity index (χ3n) is 1.89. The Morgan fingerprint density at radius 3 is 2.27 bits per heavy atom. The summed E-state index contributed by atoms with van der Waals surface area (Å²) in [5, 5.41) is 0. The zero-order chi connectivity index (χ0) is 11.7. The lowest BCUT2D eigenvalue weighted by molar-refractivity contribution is 0.0708. The maximum Gasteiger partial charge on any atom is 0.170 e. The van der Waals surface area contributed by atoms with Crippen molar-refractivity contribution in [2.24, 2.45) is 0 Å². The molecule has 0 spiro atoms. The van der Waals surface area contributed by atoms with Crippen LogP contribution in [0.4, 0.5) is 0 Å². The molecule has 3 nitrogen and oxygen atoms in total. The van der Waals surface area contributed by atoms with E-state index in [9.17, 15) is 0 Å². The molecule has 0 aliphatic carbocycles. The van der Waals surface area contributed by atoms with Gasteiger partial charge in [-0.3, -0.25) is 0 Å². The Balaban J connectivity index is 3.28. The topological polar surface area (TPSA) is 27.7 Å². The maximum atomic E-state index is 6.06. The average Bonchev–Trinajstić information content (AvgIpc) is 2.08. The highest BCUT2D eigenvalue weighted by atomic mass is 28.4. The van der Waals surface area contributed by atoms with Gasteiger partial charge >= 0.3 is 0 Å². The van der Waals surface area contributed by atoms with Gasteiger partial charge in [0, 0.05) is 13.7 Å². The van der Waals surface area contributed by atoms with Crippen molar-refractivity contribution in [1.29, 1.82) is 0 Å². The first-order valence-corrected chi connectivity index (χ1v) is 11.6. The molecule has 0 aromatic carbocycles. The largest absolute Gasteiger partial charge is 0.458 e. The van der Waals surface area contributed by atoms with Crippen molar-refractivity contribution in [2.75, 3.05) is 26.9 Å². The third kappa shape index (κ3) is 12.2. The summed E-state index contributed by atoms with van der Waals surface area (Å²) in [4.78, 5) is 0. The highest BCUT2D eigenvalue weighted by molar-refractivity contribution is 6.77. The van der Waals surface area contributed by atoms with E-state index in [0.717, 1.165) is 13.0 Å². The molecule has 0 saturated carbocycles. The minimum atomic E-state index is -1.30. The lowest BCUT2D eigenvalue weighted by Crippen LogP contribution is -2.33. The first-order chi connectivity index (χ1) is 6.95. The molecule has 5 heteroatoms. The van der Waals surface area contributed by atoms with Crippen molar-refractivity contribution >= 4 is 17.4 Å². The fraction of sp³-hybridized carbons (Fsp3) is 1.00. The second-order valence-corrected chi connectivity index (χ2v) is 12.2. The maximum absolute atomic E-state index is 6.06. The molecule has 0 aromatic rings. The molecule has 0 aliphatic heterocycles. The highest BCUT2D eigenvalue weighted by Gasteiger charge is 2.18. The predicted octanol–water partition coefficient (Wildman–Crippen LogP) is 2.24. The van der Waals surface area contributed by atoms with Crippen LogP contribution in [0.3, 0.4) is 0 Å². The Bertz CT molecular complexity index is 148. The van der Waals surface area contributed by atoms with Gasteiger partial charge in [-0.15, -0.1) is 0 Å². The summed E-state index contributed by atoms with van der Waals surface area (Å²) in [6.45, 7) is 11.3. The standard InChI is InChI=1S/C10H26O3Si2/c1-11-8-9-12-7-6-10-14(2)13-15(3,4)5/h14H,6-10H2,1-5H3. The van der Waals surface area contributed by atoms with Crippen LogP contribution in [0.1, 0.15) is 6.42 Å². The van der Waals surface area contributed by atoms with Gasteiger partial charge in [0.05, 0.1) is 13.2 Å². The van der Waals surface area contributed by atoms with Gasteiger partial charge in [0.15, 0.2) is 17.4 Å². The molecule has 92 valence electrons. The smallest absolute Gasteiger partial charge is 0.170 e. The van der Waals surface area contributed by atoms with Crippen LogP contribution in [0.25, 0.3) is 0 Å². The SMILES string of the molecule is COCCOCCC[SiH](C)O[Si](C)(C)C. The normalized spacial score (nSPS) is 14.2. The zero-order valence-electron chi connectivity index (χ0n) is 10.8. The summed E-state index contributed by atoms with van der Waals surface area (Å²) >= 11 is 0. The molecule has 0 fully saturated rings. The van der Waals surface area contributed by atoms with Gasteiger partial charge in [0.25, 0.3) is 0 Å². The van der Waals surface area contributed by atoms with Crippen molar-refractivity contribution in [3.05, 3.63) is 0 Å². The van der Waals surface area contributed by atoms with Crippen LogP contribution in [-0.2, 0) is 13.6 Å². The molecule has 1 unspecified atom stereocenters. The molecule has 0 bridgehead atoms. The van der Waals surface area contributed by atoms with Crippen LogP contribution in [0, 0.1) is 0 Å².